The van der Waals surface area contributed by atoms with Crippen LogP contribution in [-0.2, 0) is 6.54 Å². The van der Waals surface area contributed by atoms with E-state index in [1.807, 2.05) is 0 Å². The van der Waals surface area contributed by atoms with Crippen molar-refractivity contribution in [3.05, 3.63) is 39.9 Å². The van der Waals surface area contributed by atoms with Crippen LogP contribution in [0.1, 0.15) is 16.2 Å². The Morgan fingerprint density at radius 1 is 1.65 bits per heavy atom. The van der Waals surface area contributed by atoms with Crippen LogP contribution in [0.2, 0.25) is 0 Å². The van der Waals surface area contributed by atoms with Crippen LogP contribution in [0, 0.1) is 10.1 Å². The van der Waals surface area contributed by atoms with Crippen molar-refractivity contribution in [2.75, 3.05) is 0 Å². The van der Waals surface area contributed by atoms with Gasteiger partial charge in [-0.2, -0.15) is 4.68 Å². The molecule has 0 aliphatic heterocycles. The summed E-state index contributed by atoms with van der Waals surface area (Å²) in [6.45, 7) is 0.0775. The van der Waals surface area contributed by atoms with E-state index in [2.05, 4.69) is 10.3 Å². The summed E-state index contributed by atoms with van der Waals surface area (Å²) < 4.78 is 5.99. The van der Waals surface area contributed by atoms with Crippen molar-refractivity contribution in [3.63, 3.8) is 0 Å². The molecule has 0 unspecified atom stereocenters. The molecule has 0 bridgehead atoms. The molecule has 2 rings (SSSR count). The average molecular weight is 238 g/mol. The van der Waals surface area contributed by atoms with Crippen molar-refractivity contribution >= 4 is 11.8 Å². The fourth-order valence-electron chi connectivity index (χ4n) is 1.18. The maximum absolute atomic E-state index is 10.5. The molecule has 0 spiro atoms. The number of carboxylic acid groups (broad SMARTS) is 1. The molecule has 9 heteroatoms. The van der Waals surface area contributed by atoms with Gasteiger partial charge < -0.3 is 19.7 Å². The van der Waals surface area contributed by atoms with E-state index >= 15 is 0 Å². The van der Waals surface area contributed by atoms with E-state index < -0.39 is 10.9 Å². The summed E-state index contributed by atoms with van der Waals surface area (Å²) in [6, 6.07) is 2.46. The summed E-state index contributed by atoms with van der Waals surface area (Å²) in [7, 11) is 0. The molecule has 1 N–H and O–H groups in total. The zero-order chi connectivity index (χ0) is 12.4. The minimum atomic E-state index is -1.20. The van der Waals surface area contributed by atoms with Gasteiger partial charge >= 0.3 is 11.8 Å². The second-order valence-electron chi connectivity index (χ2n) is 3.11. The lowest BCUT2D eigenvalue weighted by Crippen LogP contribution is -2.00. The third kappa shape index (κ3) is 2.27. The minimum Gasteiger partial charge on any atom is -0.476 e. The Morgan fingerprint density at radius 3 is 2.94 bits per heavy atom. The quantitative estimate of drug-likeness (QED) is 0.608. The predicted molar refractivity (Wildman–Crippen MR) is 51.4 cm³/mol. The first-order valence-electron chi connectivity index (χ1n) is 4.43. The zero-order valence-corrected chi connectivity index (χ0v) is 8.31. The number of hydrogen-bond acceptors (Lipinski definition) is 6. The van der Waals surface area contributed by atoms with Crippen molar-refractivity contribution in [2.45, 2.75) is 6.54 Å². The number of carboxylic acids is 1. The molecule has 9 nitrogen and oxygen atoms in total. The van der Waals surface area contributed by atoms with E-state index in [0.29, 0.717) is 0 Å². The molecule has 0 fully saturated rings. The highest BCUT2D eigenvalue weighted by Gasteiger charge is 2.15. The van der Waals surface area contributed by atoms with E-state index in [-0.39, 0.29) is 23.8 Å². The Hall–Kier alpha value is -2.71. The van der Waals surface area contributed by atoms with Crippen LogP contribution >= 0.6 is 0 Å². The molecule has 2 aromatic rings. The molecule has 17 heavy (non-hydrogen) atoms. The first-order valence-corrected chi connectivity index (χ1v) is 4.43. The summed E-state index contributed by atoms with van der Waals surface area (Å²) in [5.74, 6) is -1.24. The van der Waals surface area contributed by atoms with Gasteiger partial charge in [0.25, 0.3) is 0 Å². The Kier molecular flexibility index (Phi) is 2.57. The largest absolute Gasteiger partial charge is 0.476 e. The smallest absolute Gasteiger partial charge is 0.389 e. The third-order valence-corrected chi connectivity index (χ3v) is 1.91. The number of carbonyl (C=O) groups is 1. The van der Waals surface area contributed by atoms with Crippen molar-refractivity contribution < 1.29 is 19.3 Å². The van der Waals surface area contributed by atoms with Crippen LogP contribution in [-0.4, -0.2) is 30.9 Å². The molecule has 0 saturated heterocycles. The Morgan fingerprint density at radius 2 is 2.41 bits per heavy atom. The molecule has 88 valence electrons. The van der Waals surface area contributed by atoms with Gasteiger partial charge in [-0.25, -0.2) is 4.79 Å². The summed E-state index contributed by atoms with van der Waals surface area (Å²) in [5.41, 5.74) is -0.221. The van der Waals surface area contributed by atoms with Crippen LogP contribution in [0.25, 0.3) is 0 Å². The third-order valence-electron chi connectivity index (χ3n) is 1.91. The zero-order valence-electron chi connectivity index (χ0n) is 8.31. The highest BCUT2D eigenvalue weighted by Crippen LogP contribution is 2.09. The fraction of sp³-hybridized carbons (Fsp3) is 0.125. The number of rotatable bonds is 4. The van der Waals surface area contributed by atoms with E-state index in [1.165, 1.54) is 23.0 Å². The maximum atomic E-state index is 10.5. The average Bonchev–Trinajstić information content (AvgIpc) is 2.87. The van der Waals surface area contributed by atoms with E-state index in [1.54, 1.807) is 0 Å². The Labute approximate surface area is 93.4 Å². The van der Waals surface area contributed by atoms with Gasteiger partial charge in [0.1, 0.15) is 6.54 Å². The lowest BCUT2D eigenvalue weighted by Gasteiger charge is -1.89. The molecule has 0 atom stereocenters. The topological polar surface area (TPSA) is 124 Å². The molecule has 0 aliphatic rings. The standard InChI is InChI=1S/C8H6N4O5/c13-8(14)6-3-5(17-10-6)4-11-2-1-7(9-11)12(15)16/h1-3H,4H2,(H,13,14). The molecule has 0 aliphatic carbocycles. The molecular weight excluding hydrogens is 232 g/mol. The number of hydrogen-bond donors (Lipinski definition) is 1. The highest BCUT2D eigenvalue weighted by molar-refractivity contribution is 5.85. The van der Waals surface area contributed by atoms with Gasteiger partial charge in [-0.1, -0.05) is 5.16 Å². The van der Waals surface area contributed by atoms with E-state index in [4.69, 9.17) is 9.63 Å². The fourth-order valence-corrected chi connectivity index (χ4v) is 1.18. The predicted octanol–water partition coefficient (Wildman–Crippen LogP) is 0.526. The number of aromatic carboxylic acids is 1. The number of aromatic nitrogens is 3. The second kappa shape index (κ2) is 4.04. The van der Waals surface area contributed by atoms with Gasteiger partial charge in [0.05, 0.1) is 17.4 Å². The van der Waals surface area contributed by atoms with Gasteiger partial charge in [0, 0.05) is 6.07 Å². The van der Waals surface area contributed by atoms with E-state index in [9.17, 15) is 14.9 Å². The van der Waals surface area contributed by atoms with Crippen LogP contribution in [0.15, 0.2) is 22.9 Å². The first kappa shape index (κ1) is 10.8. The molecular formula is C8H6N4O5. The van der Waals surface area contributed by atoms with Crippen molar-refractivity contribution in [2.24, 2.45) is 0 Å². The van der Waals surface area contributed by atoms with Crippen LogP contribution in [0.5, 0.6) is 0 Å². The molecule has 0 radical (unpaired) electrons. The van der Waals surface area contributed by atoms with Crippen molar-refractivity contribution in [3.8, 4) is 0 Å². The van der Waals surface area contributed by atoms with Gasteiger partial charge in [0.2, 0.25) is 0 Å². The summed E-state index contributed by atoms with van der Waals surface area (Å²) in [5, 5.41) is 25.9. The molecule has 2 aromatic heterocycles. The van der Waals surface area contributed by atoms with Crippen molar-refractivity contribution in [1.29, 1.82) is 0 Å². The summed E-state index contributed by atoms with van der Waals surface area (Å²) in [6.07, 6.45) is 1.39. The second-order valence-corrected chi connectivity index (χ2v) is 3.11. The normalized spacial score (nSPS) is 10.4. The SMILES string of the molecule is O=C(O)c1cc(Cn2ccc([N+](=O)[O-])n2)on1. The van der Waals surface area contributed by atoms with E-state index in [0.717, 1.165) is 0 Å². The molecule has 2 heterocycles. The Balaban J connectivity index is 2.13. The lowest BCUT2D eigenvalue weighted by atomic mass is 10.3. The van der Waals surface area contributed by atoms with Gasteiger partial charge in [0.15, 0.2) is 11.5 Å². The lowest BCUT2D eigenvalue weighted by molar-refractivity contribution is -0.389. The first-order chi connectivity index (χ1) is 8.06. The molecule has 0 amide bonds. The Bertz CT molecular complexity index is 522. The van der Waals surface area contributed by atoms with Gasteiger partial charge in [-0.3, -0.25) is 0 Å². The van der Waals surface area contributed by atoms with Gasteiger partial charge in [-0.15, -0.1) is 0 Å². The molecule has 0 saturated carbocycles. The summed E-state index contributed by atoms with van der Waals surface area (Å²) >= 11 is 0. The van der Waals surface area contributed by atoms with Crippen molar-refractivity contribution in [1.82, 2.24) is 14.9 Å². The number of nitrogens with zero attached hydrogens (tertiary/aromatic N) is 4. The highest BCUT2D eigenvalue weighted by atomic mass is 16.6. The monoisotopic (exact) mass is 238 g/mol. The van der Waals surface area contributed by atoms with Crippen LogP contribution in [0.4, 0.5) is 5.82 Å². The summed E-state index contributed by atoms with van der Waals surface area (Å²) in [4.78, 5) is 20.3. The number of nitro groups is 1. The maximum Gasteiger partial charge on any atom is 0.389 e. The van der Waals surface area contributed by atoms with Gasteiger partial charge in [-0.05, 0) is 4.92 Å². The minimum absolute atomic E-state index is 0.0775. The van der Waals surface area contributed by atoms with Crippen LogP contribution < -0.4 is 0 Å². The molecule has 0 aromatic carbocycles. The van der Waals surface area contributed by atoms with Crippen LogP contribution in [0.3, 0.4) is 0 Å².